The Bertz CT molecular complexity index is 1260. The molecule has 0 unspecified atom stereocenters. The highest BCUT2D eigenvalue weighted by Crippen LogP contribution is 2.23. The monoisotopic (exact) mass is 462 g/mol. The van der Waals surface area contributed by atoms with Crippen molar-refractivity contribution >= 4 is 27.3 Å². The van der Waals surface area contributed by atoms with Crippen molar-refractivity contribution in [1.82, 2.24) is 4.90 Å². The van der Waals surface area contributed by atoms with E-state index >= 15 is 0 Å². The molecule has 2 amide bonds. The van der Waals surface area contributed by atoms with Gasteiger partial charge in [-0.25, -0.2) is 8.42 Å². The maximum absolute atomic E-state index is 12.8. The number of likely N-dealkylation sites (tertiary alicyclic amines) is 1. The van der Waals surface area contributed by atoms with E-state index in [1.165, 1.54) is 0 Å². The zero-order valence-corrected chi connectivity index (χ0v) is 19.3. The summed E-state index contributed by atoms with van der Waals surface area (Å²) >= 11 is 0. The van der Waals surface area contributed by atoms with Crippen LogP contribution >= 0.6 is 0 Å². The van der Waals surface area contributed by atoms with E-state index in [4.69, 9.17) is 0 Å². The molecule has 0 spiro atoms. The molecule has 0 radical (unpaired) electrons. The minimum Gasteiger partial charge on any atom is -0.339 e. The van der Waals surface area contributed by atoms with Crippen molar-refractivity contribution in [1.29, 1.82) is 0 Å². The van der Waals surface area contributed by atoms with Crippen LogP contribution in [0, 0.1) is 6.92 Å². The predicted octanol–water partition coefficient (Wildman–Crippen LogP) is 4.46. The normalized spacial score (nSPS) is 13.7. The smallest absolute Gasteiger partial charge is 0.255 e. The molecule has 33 heavy (non-hydrogen) atoms. The van der Waals surface area contributed by atoms with Crippen LogP contribution in [0.1, 0.15) is 44.7 Å². The van der Waals surface area contributed by atoms with Crippen molar-refractivity contribution < 1.29 is 18.0 Å². The summed E-state index contributed by atoms with van der Waals surface area (Å²) in [6.45, 7) is 3.36. The molecule has 1 saturated heterocycles. The standard InChI is InChI=1S/C26H26N2O4S/c1-19-23(26(30)28-16-5-6-17-28)10-7-11-24(19)27-25(29)21-14-12-20(13-15-21)18-33(31,32)22-8-3-2-4-9-22/h2-4,7-15H,5-6,16-18H2,1H3,(H,27,29). The maximum atomic E-state index is 12.8. The summed E-state index contributed by atoms with van der Waals surface area (Å²) in [5.74, 6) is -0.468. The quantitative estimate of drug-likeness (QED) is 0.586. The molecule has 1 heterocycles. The first-order valence-corrected chi connectivity index (χ1v) is 12.6. The third-order valence-corrected chi connectivity index (χ3v) is 7.58. The molecule has 3 aromatic carbocycles. The summed E-state index contributed by atoms with van der Waals surface area (Å²) in [5.41, 5.74) is 2.92. The Morgan fingerprint density at radius 2 is 1.55 bits per heavy atom. The van der Waals surface area contributed by atoms with E-state index in [1.807, 2.05) is 11.8 Å². The molecule has 0 aliphatic carbocycles. The second-order valence-corrected chi connectivity index (χ2v) is 10.2. The van der Waals surface area contributed by atoms with Crippen LogP contribution in [0.25, 0.3) is 0 Å². The van der Waals surface area contributed by atoms with Crippen molar-refractivity contribution in [3.8, 4) is 0 Å². The average Bonchev–Trinajstić information content (AvgIpc) is 3.36. The highest BCUT2D eigenvalue weighted by atomic mass is 32.2. The Kier molecular flexibility index (Phi) is 6.60. The molecule has 1 aliphatic rings. The lowest BCUT2D eigenvalue weighted by Gasteiger charge is -2.18. The Balaban J connectivity index is 1.46. The summed E-state index contributed by atoms with van der Waals surface area (Å²) in [5, 5.41) is 2.88. The number of hydrogen-bond donors (Lipinski definition) is 1. The van der Waals surface area contributed by atoms with E-state index in [9.17, 15) is 18.0 Å². The molecule has 3 aromatic rings. The van der Waals surface area contributed by atoms with Crippen LogP contribution in [0.4, 0.5) is 5.69 Å². The molecular formula is C26H26N2O4S. The number of nitrogens with one attached hydrogen (secondary N) is 1. The molecule has 1 aliphatic heterocycles. The first kappa shape index (κ1) is 22.7. The zero-order valence-electron chi connectivity index (χ0n) is 18.5. The van der Waals surface area contributed by atoms with Gasteiger partial charge in [-0.1, -0.05) is 36.4 Å². The Labute approximate surface area is 194 Å². The zero-order chi connectivity index (χ0) is 23.4. The molecule has 1 N–H and O–H groups in total. The van der Waals surface area contributed by atoms with Crippen LogP contribution in [0.5, 0.6) is 0 Å². The van der Waals surface area contributed by atoms with Gasteiger partial charge in [-0.2, -0.15) is 0 Å². The highest BCUT2D eigenvalue weighted by molar-refractivity contribution is 7.90. The molecule has 4 rings (SSSR count). The summed E-state index contributed by atoms with van der Waals surface area (Å²) < 4.78 is 25.1. The second kappa shape index (κ2) is 9.58. The van der Waals surface area contributed by atoms with Gasteiger partial charge in [0, 0.05) is 29.9 Å². The largest absolute Gasteiger partial charge is 0.339 e. The maximum Gasteiger partial charge on any atom is 0.255 e. The van der Waals surface area contributed by atoms with E-state index < -0.39 is 9.84 Å². The fourth-order valence-electron chi connectivity index (χ4n) is 3.97. The highest BCUT2D eigenvalue weighted by Gasteiger charge is 2.22. The van der Waals surface area contributed by atoms with E-state index in [1.54, 1.807) is 72.8 Å². The number of rotatable bonds is 6. The fraction of sp³-hybridized carbons (Fsp3) is 0.231. The van der Waals surface area contributed by atoms with E-state index in [0.29, 0.717) is 22.4 Å². The third-order valence-electron chi connectivity index (χ3n) is 5.88. The van der Waals surface area contributed by atoms with Gasteiger partial charge in [0.15, 0.2) is 9.84 Å². The van der Waals surface area contributed by atoms with E-state index in [0.717, 1.165) is 31.5 Å². The van der Waals surface area contributed by atoms with Crippen molar-refractivity contribution in [2.75, 3.05) is 18.4 Å². The van der Waals surface area contributed by atoms with Gasteiger partial charge < -0.3 is 10.2 Å². The Hall–Kier alpha value is -3.45. The molecular weight excluding hydrogens is 436 g/mol. The van der Waals surface area contributed by atoms with Crippen LogP contribution < -0.4 is 5.32 Å². The first-order chi connectivity index (χ1) is 15.8. The van der Waals surface area contributed by atoms with Crippen LogP contribution in [0.15, 0.2) is 77.7 Å². The van der Waals surface area contributed by atoms with Gasteiger partial charge in [0.05, 0.1) is 10.6 Å². The number of amides is 2. The lowest BCUT2D eigenvalue weighted by Crippen LogP contribution is -2.28. The molecule has 6 nitrogen and oxygen atoms in total. The van der Waals surface area contributed by atoms with Gasteiger partial charge in [0.2, 0.25) is 0 Å². The van der Waals surface area contributed by atoms with E-state index in [2.05, 4.69) is 5.32 Å². The molecule has 0 aromatic heterocycles. The summed E-state index contributed by atoms with van der Waals surface area (Å²) in [4.78, 5) is 27.7. The molecule has 7 heteroatoms. The van der Waals surface area contributed by atoms with Crippen LogP contribution in [-0.2, 0) is 15.6 Å². The topological polar surface area (TPSA) is 83.5 Å². The van der Waals surface area contributed by atoms with E-state index in [-0.39, 0.29) is 22.5 Å². The molecule has 170 valence electrons. The number of carbonyl (C=O) groups is 2. The number of hydrogen-bond acceptors (Lipinski definition) is 4. The van der Waals surface area contributed by atoms with Crippen LogP contribution in [0.2, 0.25) is 0 Å². The van der Waals surface area contributed by atoms with Gasteiger partial charge in [-0.05, 0) is 67.3 Å². The number of carbonyl (C=O) groups excluding carboxylic acids is 2. The van der Waals surface area contributed by atoms with Crippen LogP contribution in [-0.4, -0.2) is 38.2 Å². The van der Waals surface area contributed by atoms with Crippen molar-refractivity contribution in [2.24, 2.45) is 0 Å². The Morgan fingerprint density at radius 1 is 0.879 bits per heavy atom. The van der Waals surface area contributed by atoms with Gasteiger partial charge in [0.1, 0.15) is 0 Å². The predicted molar refractivity (Wildman–Crippen MR) is 128 cm³/mol. The third kappa shape index (κ3) is 5.14. The minimum atomic E-state index is -3.46. The van der Waals surface area contributed by atoms with Crippen molar-refractivity contribution in [3.63, 3.8) is 0 Å². The average molecular weight is 463 g/mol. The number of sulfone groups is 1. The number of nitrogens with zero attached hydrogens (tertiary/aromatic N) is 1. The minimum absolute atomic E-state index is 0.00919. The summed E-state index contributed by atoms with van der Waals surface area (Å²) in [6.07, 6.45) is 2.04. The lowest BCUT2D eigenvalue weighted by molar-refractivity contribution is 0.0791. The lowest BCUT2D eigenvalue weighted by atomic mass is 10.0. The first-order valence-electron chi connectivity index (χ1n) is 10.9. The van der Waals surface area contributed by atoms with Gasteiger partial charge >= 0.3 is 0 Å². The summed E-state index contributed by atoms with van der Waals surface area (Å²) in [7, 11) is -3.46. The van der Waals surface area contributed by atoms with Crippen LogP contribution in [0.3, 0.4) is 0 Å². The molecule has 0 atom stereocenters. The van der Waals surface area contributed by atoms with Crippen molar-refractivity contribution in [2.45, 2.75) is 30.4 Å². The molecule has 0 bridgehead atoms. The van der Waals surface area contributed by atoms with Gasteiger partial charge in [-0.15, -0.1) is 0 Å². The number of anilines is 1. The molecule has 1 fully saturated rings. The molecule has 0 saturated carbocycles. The SMILES string of the molecule is Cc1c(NC(=O)c2ccc(CS(=O)(=O)c3ccccc3)cc2)cccc1C(=O)N1CCCC1. The Morgan fingerprint density at radius 3 is 2.21 bits per heavy atom. The second-order valence-electron chi connectivity index (χ2n) is 8.20. The van der Waals surface area contributed by atoms with Crippen molar-refractivity contribution in [3.05, 3.63) is 95.1 Å². The number of benzene rings is 3. The summed E-state index contributed by atoms with van der Waals surface area (Å²) in [6, 6.07) is 20.1. The van der Waals surface area contributed by atoms with Gasteiger partial charge in [0.25, 0.3) is 11.8 Å². The fourth-order valence-corrected chi connectivity index (χ4v) is 5.34. The van der Waals surface area contributed by atoms with Gasteiger partial charge in [-0.3, -0.25) is 9.59 Å².